The lowest BCUT2D eigenvalue weighted by Gasteiger charge is -2.17. The molecule has 2 amide bonds. The van der Waals surface area contributed by atoms with E-state index in [2.05, 4.69) is 5.32 Å². The Kier molecular flexibility index (Phi) is 5.90. The van der Waals surface area contributed by atoms with Gasteiger partial charge < -0.3 is 19.7 Å². The highest BCUT2D eigenvalue weighted by Crippen LogP contribution is 2.27. The third kappa shape index (κ3) is 4.55. The summed E-state index contributed by atoms with van der Waals surface area (Å²) in [6.45, 7) is 0.763. The van der Waals surface area contributed by atoms with Gasteiger partial charge in [0, 0.05) is 19.0 Å². The van der Waals surface area contributed by atoms with Gasteiger partial charge in [-0.05, 0) is 24.3 Å². The highest BCUT2D eigenvalue weighted by Gasteiger charge is 2.35. The standard InChI is InChI=1S/C20H21FN2O4/c1-26-15-5-4-6-16(12-15)27-10-9-22-20(25)14-11-19(24)23(13-14)18-8-3-2-7-17(18)21/h2-8,12,14H,9-11,13H2,1H3,(H,22,25)/t14-/m1/s1. The molecule has 0 aliphatic carbocycles. The molecule has 0 aromatic heterocycles. The molecule has 2 aromatic carbocycles. The van der Waals surface area contributed by atoms with E-state index in [0.717, 1.165) is 0 Å². The van der Waals surface area contributed by atoms with Crippen LogP contribution in [-0.4, -0.2) is 38.6 Å². The van der Waals surface area contributed by atoms with Crippen LogP contribution in [-0.2, 0) is 9.59 Å². The average Bonchev–Trinajstić information content (AvgIpc) is 3.07. The van der Waals surface area contributed by atoms with Crippen LogP contribution in [0.3, 0.4) is 0 Å². The molecule has 1 heterocycles. The Hall–Kier alpha value is -3.09. The zero-order valence-electron chi connectivity index (χ0n) is 15.0. The molecule has 1 aliphatic heterocycles. The van der Waals surface area contributed by atoms with Crippen LogP contribution in [0, 0.1) is 11.7 Å². The maximum absolute atomic E-state index is 13.9. The SMILES string of the molecule is COc1cccc(OCCNC(=O)[C@@H]2CC(=O)N(c3ccccc3F)C2)c1. The van der Waals surface area contributed by atoms with E-state index in [4.69, 9.17) is 9.47 Å². The van der Waals surface area contributed by atoms with E-state index in [1.807, 2.05) is 12.1 Å². The molecule has 1 fully saturated rings. The van der Waals surface area contributed by atoms with E-state index in [0.29, 0.717) is 18.0 Å². The molecule has 3 rings (SSSR count). The van der Waals surface area contributed by atoms with Gasteiger partial charge in [-0.1, -0.05) is 18.2 Å². The lowest BCUT2D eigenvalue weighted by Crippen LogP contribution is -2.35. The number of halogens is 1. The number of methoxy groups -OCH3 is 1. The van der Waals surface area contributed by atoms with E-state index < -0.39 is 11.7 Å². The summed E-state index contributed by atoms with van der Waals surface area (Å²) in [5, 5.41) is 2.76. The van der Waals surface area contributed by atoms with E-state index in [1.165, 1.54) is 17.0 Å². The Morgan fingerprint density at radius 1 is 1.22 bits per heavy atom. The molecular formula is C20H21FN2O4. The van der Waals surface area contributed by atoms with Crippen LogP contribution in [0.25, 0.3) is 0 Å². The van der Waals surface area contributed by atoms with Crippen molar-refractivity contribution in [2.24, 2.45) is 5.92 Å². The van der Waals surface area contributed by atoms with Gasteiger partial charge in [-0.15, -0.1) is 0 Å². The Morgan fingerprint density at radius 3 is 2.78 bits per heavy atom. The van der Waals surface area contributed by atoms with E-state index >= 15 is 0 Å². The van der Waals surface area contributed by atoms with E-state index in [9.17, 15) is 14.0 Å². The number of para-hydroxylation sites is 1. The molecule has 1 atom stereocenters. The van der Waals surface area contributed by atoms with Crippen LogP contribution < -0.4 is 19.7 Å². The first-order chi connectivity index (χ1) is 13.1. The summed E-state index contributed by atoms with van der Waals surface area (Å²) in [5.41, 5.74) is 0.208. The van der Waals surface area contributed by atoms with Gasteiger partial charge in [-0.3, -0.25) is 9.59 Å². The predicted molar refractivity (Wildman–Crippen MR) is 98.4 cm³/mol. The van der Waals surface area contributed by atoms with Crippen molar-refractivity contribution in [3.8, 4) is 11.5 Å². The molecule has 142 valence electrons. The van der Waals surface area contributed by atoms with Crippen molar-refractivity contribution in [3.05, 3.63) is 54.3 Å². The largest absolute Gasteiger partial charge is 0.497 e. The smallest absolute Gasteiger partial charge is 0.227 e. The number of amides is 2. The Morgan fingerprint density at radius 2 is 2.00 bits per heavy atom. The number of carbonyl (C=O) groups excluding carboxylic acids is 2. The normalized spacial score (nSPS) is 16.3. The van der Waals surface area contributed by atoms with Crippen LogP contribution in [0.2, 0.25) is 0 Å². The first kappa shape index (κ1) is 18.7. The second kappa shape index (κ2) is 8.53. The molecular weight excluding hydrogens is 351 g/mol. The van der Waals surface area contributed by atoms with Crippen molar-refractivity contribution < 1.29 is 23.5 Å². The van der Waals surface area contributed by atoms with E-state index in [-0.39, 0.29) is 37.1 Å². The molecule has 1 saturated heterocycles. The summed E-state index contributed by atoms with van der Waals surface area (Å²) in [7, 11) is 1.58. The maximum Gasteiger partial charge on any atom is 0.227 e. The van der Waals surface area contributed by atoms with Gasteiger partial charge in [0.2, 0.25) is 11.8 Å². The quantitative estimate of drug-likeness (QED) is 0.758. The minimum atomic E-state index is -0.506. The third-order valence-electron chi connectivity index (χ3n) is 4.35. The van der Waals surface area contributed by atoms with Crippen molar-refractivity contribution in [3.63, 3.8) is 0 Å². The average molecular weight is 372 g/mol. The molecule has 2 aromatic rings. The summed E-state index contributed by atoms with van der Waals surface area (Å²) < 4.78 is 24.6. The fourth-order valence-corrected chi connectivity index (χ4v) is 2.97. The maximum atomic E-state index is 13.9. The number of nitrogens with one attached hydrogen (secondary N) is 1. The molecule has 6 nitrogen and oxygen atoms in total. The van der Waals surface area contributed by atoms with Crippen molar-refractivity contribution >= 4 is 17.5 Å². The topological polar surface area (TPSA) is 67.9 Å². The molecule has 7 heteroatoms. The minimum Gasteiger partial charge on any atom is -0.497 e. The summed E-state index contributed by atoms with van der Waals surface area (Å²) >= 11 is 0. The van der Waals surface area contributed by atoms with Gasteiger partial charge in [0.15, 0.2) is 0 Å². The van der Waals surface area contributed by atoms with Gasteiger partial charge in [-0.2, -0.15) is 0 Å². The van der Waals surface area contributed by atoms with Gasteiger partial charge in [0.05, 0.1) is 25.3 Å². The van der Waals surface area contributed by atoms with E-state index in [1.54, 1.807) is 31.4 Å². The summed E-state index contributed by atoms with van der Waals surface area (Å²) in [6, 6.07) is 13.2. The molecule has 0 saturated carbocycles. The lowest BCUT2D eigenvalue weighted by molar-refractivity contribution is -0.126. The van der Waals surface area contributed by atoms with Crippen LogP contribution in [0.1, 0.15) is 6.42 Å². The molecule has 0 spiro atoms. The minimum absolute atomic E-state index is 0.0664. The summed E-state index contributed by atoms with van der Waals surface area (Å²) in [5.74, 6) is -0.142. The van der Waals surface area contributed by atoms with Crippen molar-refractivity contribution in [1.82, 2.24) is 5.32 Å². The number of rotatable bonds is 7. The van der Waals surface area contributed by atoms with Gasteiger partial charge in [-0.25, -0.2) is 4.39 Å². The lowest BCUT2D eigenvalue weighted by atomic mass is 10.1. The number of hydrogen-bond acceptors (Lipinski definition) is 4. The fourth-order valence-electron chi connectivity index (χ4n) is 2.97. The zero-order valence-corrected chi connectivity index (χ0v) is 15.0. The Balaban J connectivity index is 1.47. The number of hydrogen-bond donors (Lipinski definition) is 1. The third-order valence-corrected chi connectivity index (χ3v) is 4.35. The second-order valence-electron chi connectivity index (χ2n) is 6.18. The second-order valence-corrected chi connectivity index (χ2v) is 6.18. The number of carbonyl (C=O) groups is 2. The molecule has 1 aliphatic rings. The molecule has 1 N–H and O–H groups in total. The number of ether oxygens (including phenoxy) is 2. The molecule has 0 bridgehead atoms. The van der Waals surface area contributed by atoms with Crippen LogP contribution in [0.4, 0.5) is 10.1 Å². The Bertz CT molecular complexity index is 827. The van der Waals surface area contributed by atoms with Crippen LogP contribution in [0.5, 0.6) is 11.5 Å². The van der Waals surface area contributed by atoms with Gasteiger partial charge in [0.1, 0.15) is 23.9 Å². The number of nitrogens with zero attached hydrogens (tertiary/aromatic N) is 1. The summed E-state index contributed by atoms with van der Waals surface area (Å²) in [6.07, 6.45) is 0.0664. The van der Waals surface area contributed by atoms with Crippen molar-refractivity contribution in [2.45, 2.75) is 6.42 Å². The van der Waals surface area contributed by atoms with Crippen LogP contribution in [0.15, 0.2) is 48.5 Å². The number of anilines is 1. The predicted octanol–water partition coefficient (Wildman–Crippen LogP) is 2.38. The van der Waals surface area contributed by atoms with Crippen molar-refractivity contribution in [1.29, 1.82) is 0 Å². The summed E-state index contributed by atoms with van der Waals surface area (Å²) in [4.78, 5) is 25.8. The number of benzene rings is 2. The zero-order chi connectivity index (χ0) is 19.2. The first-order valence-electron chi connectivity index (χ1n) is 8.68. The highest BCUT2D eigenvalue weighted by atomic mass is 19.1. The van der Waals surface area contributed by atoms with Gasteiger partial charge in [0.25, 0.3) is 0 Å². The highest BCUT2D eigenvalue weighted by molar-refractivity contribution is 6.00. The molecule has 0 radical (unpaired) electrons. The first-order valence-corrected chi connectivity index (χ1v) is 8.68. The Labute approximate surface area is 156 Å². The molecule has 0 unspecified atom stereocenters. The van der Waals surface area contributed by atoms with Gasteiger partial charge >= 0.3 is 0 Å². The molecule has 27 heavy (non-hydrogen) atoms. The fraction of sp³-hybridized carbons (Fsp3) is 0.300. The monoisotopic (exact) mass is 372 g/mol. The van der Waals surface area contributed by atoms with Crippen LogP contribution >= 0.6 is 0 Å². The van der Waals surface area contributed by atoms with Crippen molar-refractivity contribution in [2.75, 3.05) is 31.7 Å².